The lowest BCUT2D eigenvalue weighted by Gasteiger charge is -2.14. The Kier molecular flexibility index (Phi) is 2.41. The molecule has 0 N–H and O–H groups in total. The maximum Gasteiger partial charge on any atom is 0.112 e. The van der Waals surface area contributed by atoms with Crippen molar-refractivity contribution in [1.29, 1.82) is 0 Å². The zero-order valence-corrected chi connectivity index (χ0v) is 5.91. The van der Waals surface area contributed by atoms with Crippen molar-refractivity contribution in [2.24, 2.45) is 0 Å². The lowest BCUT2D eigenvalue weighted by molar-refractivity contribution is 0.0962. The number of rotatable bonds is 0. The molecule has 46 valence electrons. The summed E-state index contributed by atoms with van der Waals surface area (Å²) in [5.74, 6) is 2.65. The van der Waals surface area contributed by atoms with Gasteiger partial charge in [-0.25, -0.2) is 0 Å². The predicted octanol–water partition coefficient (Wildman–Crippen LogP) is 1.78. The molecule has 1 heteroatoms. The minimum atomic E-state index is -0.122. The molecule has 0 aliphatic rings. The van der Waals surface area contributed by atoms with Gasteiger partial charge >= 0.3 is 0 Å². The van der Waals surface area contributed by atoms with Crippen LogP contribution in [0.2, 0.25) is 0 Å². The summed E-state index contributed by atoms with van der Waals surface area (Å²) in [5.41, 5.74) is -0.122. The van der Waals surface area contributed by atoms with E-state index in [4.69, 9.17) is 4.74 Å². The minimum absolute atomic E-state index is 0.122. The second kappa shape index (κ2) is 2.61. The minimum Gasteiger partial charge on any atom is -0.441 e. The van der Waals surface area contributed by atoms with Crippen LogP contribution in [-0.2, 0) is 4.74 Å². The molecule has 0 unspecified atom stereocenters. The third-order valence-corrected chi connectivity index (χ3v) is 0.459. The SMILES string of the molecule is CC#COC(C)(C)C. The summed E-state index contributed by atoms with van der Waals surface area (Å²) in [6.07, 6.45) is 2.54. The third-order valence-electron chi connectivity index (χ3n) is 0.459. The monoisotopic (exact) mass is 112 g/mol. The molecule has 0 fully saturated rings. The standard InChI is InChI=1S/C7H12O/c1-5-6-8-7(2,3)4/h1-4H3. The van der Waals surface area contributed by atoms with Gasteiger partial charge in [-0.1, -0.05) is 5.92 Å². The predicted molar refractivity (Wildman–Crippen MR) is 34.3 cm³/mol. The van der Waals surface area contributed by atoms with Crippen LogP contribution in [0.5, 0.6) is 0 Å². The Hall–Kier alpha value is -0.640. The van der Waals surface area contributed by atoms with Gasteiger partial charge < -0.3 is 4.74 Å². The molecule has 0 aromatic carbocycles. The molecule has 0 aromatic heterocycles. The molecule has 8 heavy (non-hydrogen) atoms. The fourth-order valence-corrected chi connectivity index (χ4v) is 0.204. The molecular weight excluding hydrogens is 100 g/mol. The van der Waals surface area contributed by atoms with E-state index in [0.29, 0.717) is 0 Å². The Morgan fingerprint density at radius 2 is 1.75 bits per heavy atom. The van der Waals surface area contributed by atoms with Gasteiger partial charge in [0.05, 0.1) is 0 Å². The Morgan fingerprint density at radius 3 is 1.88 bits per heavy atom. The zero-order chi connectivity index (χ0) is 6.62. The van der Waals surface area contributed by atoms with E-state index in [9.17, 15) is 0 Å². The highest BCUT2D eigenvalue weighted by Gasteiger charge is 2.07. The van der Waals surface area contributed by atoms with Crippen molar-refractivity contribution >= 4 is 0 Å². The summed E-state index contributed by atoms with van der Waals surface area (Å²) in [6, 6.07) is 0. The molecule has 0 radical (unpaired) electrons. The van der Waals surface area contributed by atoms with Crippen molar-refractivity contribution < 1.29 is 4.74 Å². The van der Waals surface area contributed by atoms with Crippen LogP contribution in [0.3, 0.4) is 0 Å². The Morgan fingerprint density at radius 1 is 1.25 bits per heavy atom. The van der Waals surface area contributed by atoms with Crippen LogP contribution in [0, 0.1) is 12.0 Å². The highest BCUT2D eigenvalue weighted by Crippen LogP contribution is 2.03. The third kappa shape index (κ3) is 5.36. The Bertz CT molecular complexity index is 109. The van der Waals surface area contributed by atoms with Gasteiger partial charge in [-0.15, -0.1) is 0 Å². The molecule has 0 saturated heterocycles. The van der Waals surface area contributed by atoms with E-state index in [1.165, 1.54) is 0 Å². The molecule has 0 aromatic rings. The van der Waals surface area contributed by atoms with E-state index in [0.717, 1.165) is 0 Å². The molecular formula is C7H12O. The molecule has 0 bridgehead atoms. The van der Waals surface area contributed by atoms with Gasteiger partial charge in [-0.3, -0.25) is 0 Å². The van der Waals surface area contributed by atoms with Crippen LogP contribution >= 0.6 is 0 Å². The van der Waals surface area contributed by atoms with Crippen molar-refractivity contribution in [3.8, 4) is 12.0 Å². The first-order chi connectivity index (χ1) is 3.56. The van der Waals surface area contributed by atoms with Gasteiger partial charge in [0.25, 0.3) is 0 Å². The summed E-state index contributed by atoms with van der Waals surface area (Å²) in [7, 11) is 0. The molecule has 0 saturated carbocycles. The van der Waals surface area contributed by atoms with E-state index < -0.39 is 0 Å². The highest BCUT2D eigenvalue weighted by molar-refractivity contribution is 4.87. The summed E-state index contributed by atoms with van der Waals surface area (Å²) < 4.78 is 5.02. The second-order valence-electron chi connectivity index (χ2n) is 2.57. The molecule has 0 heterocycles. The van der Waals surface area contributed by atoms with Gasteiger partial charge in [0, 0.05) is 6.92 Å². The zero-order valence-electron chi connectivity index (χ0n) is 5.91. The number of ether oxygens (including phenoxy) is 1. The summed E-state index contributed by atoms with van der Waals surface area (Å²) >= 11 is 0. The highest BCUT2D eigenvalue weighted by atomic mass is 16.5. The second-order valence-corrected chi connectivity index (χ2v) is 2.57. The van der Waals surface area contributed by atoms with Crippen molar-refractivity contribution in [3.63, 3.8) is 0 Å². The van der Waals surface area contributed by atoms with Crippen LogP contribution in [0.1, 0.15) is 27.7 Å². The molecule has 0 aliphatic carbocycles. The molecule has 0 aliphatic heterocycles. The summed E-state index contributed by atoms with van der Waals surface area (Å²) in [4.78, 5) is 0. The average molecular weight is 112 g/mol. The number of hydrogen-bond acceptors (Lipinski definition) is 1. The Balaban J connectivity index is 3.50. The van der Waals surface area contributed by atoms with Crippen LogP contribution in [0.15, 0.2) is 0 Å². The quantitative estimate of drug-likeness (QED) is 0.434. The molecule has 0 rings (SSSR count). The van der Waals surface area contributed by atoms with E-state index in [2.05, 4.69) is 12.0 Å². The van der Waals surface area contributed by atoms with E-state index in [-0.39, 0.29) is 5.60 Å². The molecule has 0 amide bonds. The van der Waals surface area contributed by atoms with Crippen LogP contribution < -0.4 is 0 Å². The van der Waals surface area contributed by atoms with Crippen LogP contribution in [-0.4, -0.2) is 5.60 Å². The van der Waals surface area contributed by atoms with Gasteiger partial charge in [0.2, 0.25) is 0 Å². The normalized spacial score (nSPS) is 9.50. The van der Waals surface area contributed by atoms with Crippen molar-refractivity contribution in [3.05, 3.63) is 0 Å². The van der Waals surface area contributed by atoms with E-state index in [1.54, 1.807) is 6.92 Å². The van der Waals surface area contributed by atoms with Crippen molar-refractivity contribution in [2.45, 2.75) is 33.3 Å². The fraction of sp³-hybridized carbons (Fsp3) is 0.714. The lowest BCUT2D eigenvalue weighted by atomic mass is 10.2. The van der Waals surface area contributed by atoms with Crippen molar-refractivity contribution in [2.75, 3.05) is 0 Å². The first-order valence-corrected chi connectivity index (χ1v) is 2.66. The van der Waals surface area contributed by atoms with Crippen LogP contribution in [0.25, 0.3) is 0 Å². The van der Waals surface area contributed by atoms with Gasteiger partial charge in [0.1, 0.15) is 11.7 Å². The summed E-state index contributed by atoms with van der Waals surface area (Å²) in [5, 5.41) is 0. The summed E-state index contributed by atoms with van der Waals surface area (Å²) in [6.45, 7) is 7.66. The smallest absolute Gasteiger partial charge is 0.112 e. The van der Waals surface area contributed by atoms with Gasteiger partial charge in [0.15, 0.2) is 0 Å². The maximum atomic E-state index is 5.02. The van der Waals surface area contributed by atoms with E-state index >= 15 is 0 Å². The average Bonchev–Trinajstić information content (AvgIpc) is 1.59. The molecule has 1 nitrogen and oxygen atoms in total. The topological polar surface area (TPSA) is 9.23 Å². The van der Waals surface area contributed by atoms with Gasteiger partial charge in [-0.05, 0) is 20.8 Å². The molecule has 0 spiro atoms. The van der Waals surface area contributed by atoms with Crippen molar-refractivity contribution in [1.82, 2.24) is 0 Å². The first-order valence-electron chi connectivity index (χ1n) is 2.66. The lowest BCUT2D eigenvalue weighted by Crippen LogP contribution is -2.15. The number of hydrogen-bond donors (Lipinski definition) is 0. The molecule has 0 atom stereocenters. The van der Waals surface area contributed by atoms with Crippen LogP contribution in [0.4, 0.5) is 0 Å². The fourth-order valence-electron chi connectivity index (χ4n) is 0.204. The maximum absolute atomic E-state index is 5.02. The van der Waals surface area contributed by atoms with E-state index in [1.807, 2.05) is 20.8 Å². The Labute approximate surface area is 51.0 Å². The van der Waals surface area contributed by atoms with Gasteiger partial charge in [-0.2, -0.15) is 0 Å². The first kappa shape index (κ1) is 7.36. The largest absolute Gasteiger partial charge is 0.441 e.